The van der Waals surface area contributed by atoms with Crippen LogP contribution in [0.4, 0.5) is 0 Å². The smallest absolute Gasteiger partial charge is 0.123 e. The first-order valence-electron chi connectivity index (χ1n) is 8.41. The standard InChI is InChI=1S/C18H30N2O2.ClH/c1-15(2)17-5-4-16(3)14-18(17)22-11-7-19-6-8-20-9-12-21-13-10-20;/h4-5,14-15,19H,6-13H2,1-3H3;1H. The molecule has 0 atom stereocenters. The van der Waals surface area contributed by atoms with Gasteiger partial charge in [-0.15, -0.1) is 12.4 Å². The molecule has 0 aliphatic carbocycles. The third-order valence-electron chi connectivity index (χ3n) is 4.04. The fourth-order valence-electron chi connectivity index (χ4n) is 2.66. The highest BCUT2D eigenvalue weighted by atomic mass is 35.5. The Morgan fingerprint density at radius 1 is 1.22 bits per heavy atom. The van der Waals surface area contributed by atoms with Crippen LogP contribution >= 0.6 is 12.4 Å². The van der Waals surface area contributed by atoms with Crippen LogP contribution in [0.25, 0.3) is 0 Å². The molecule has 1 aromatic rings. The highest BCUT2D eigenvalue weighted by Crippen LogP contribution is 2.27. The van der Waals surface area contributed by atoms with E-state index in [2.05, 4.69) is 49.2 Å². The molecule has 0 aromatic heterocycles. The maximum Gasteiger partial charge on any atom is 0.123 e. The largest absolute Gasteiger partial charge is 0.492 e. The lowest BCUT2D eigenvalue weighted by Crippen LogP contribution is -2.40. The Bertz CT molecular complexity index is 449. The number of benzene rings is 1. The van der Waals surface area contributed by atoms with Gasteiger partial charge in [0.2, 0.25) is 0 Å². The predicted molar refractivity (Wildman–Crippen MR) is 98.1 cm³/mol. The minimum Gasteiger partial charge on any atom is -0.492 e. The number of rotatable bonds is 8. The molecule has 23 heavy (non-hydrogen) atoms. The summed E-state index contributed by atoms with van der Waals surface area (Å²) in [4.78, 5) is 2.44. The fourth-order valence-corrected chi connectivity index (χ4v) is 2.66. The van der Waals surface area contributed by atoms with Gasteiger partial charge < -0.3 is 14.8 Å². The summed E-state index contributed by atoms with van der Waals surface area (Å²) >= 11 is 0. The Balaban J connectivity index is 0.00000264. The Morgan fingerprint density at radius 3 is 2.65 bits per heavy atom. The van der Waals surface area contributed by atoms with Crippen LogP contribution in [0.5, 0.6) is 5.75 Å². The van der Waals surface area contributed by atoms with Crippen LogP contribution in [-0.2, 0) is 4.74 Å². The zero-order valence-electron chi connectivity index (χ0n) is 14.6. The van der Waals surface area contributed by atoms with E-state index in [0.717, 1.165) is 51.7 Å². The highest BCUT2D eigenvalue weighted by Gasteiger charge is 2.09. The summed E-state index contributed by atoms with van der Waals surface area (Å²) < 4.78 is 11.3. The highest BCUT2D eigenvalue weighted by molar-refractivity contribution is 5.85. The minimum atomic E-state index is 0. The number of ether oxygens (including phenoxy) is 2. The number of hydrogen-bond acceptors (Lipinski definition) is 4. The lowest BCUT2D eigenvalue weighted by atomic mass is 10.0. The Hall–Kier alpha value is -0.810. The number of aryl methyl sites for hydroxylation is 1. The van der Waals surface area contributed by atoms with Crippen molar-refractivity contribution in [1.29, 1.82) is 0 Å². The molecule has 1 N–H and O–H groups in total. The molecule has 4 nitrogen and oxygen atoms in total. The van der Waals surface area contributed by atoms with Gasteiger partial charge >= 0.3 is 0 Å². The van der Waals surface area contributed by atoms with Crippen molar-refractivity contribution in [1.82, 2.24) is 10.2 Å². The van der Waals surface area contributed by atoms with Crippen molar-refractivity contribution in [3.05, 3.63) is 29.3 Å². The molecular formula is C18H31ClN2O2. The van der Waals surface area contributed by atoms with Gasteiger partial charge in [0.15, 0.2) is 0 Å². The molecule has 0 radical (unpaired) electrons. The lowest BCUT2D eigenvalue weighted by molar-refractivity contribution is 0.0383. The maximum absolute atomic E-state index is 5.98. The van der Waals surface area contributed by atoms with Crippen LogP contribution < -0.4 is 10.1 Å². The first-order valence-corrected chi connectivity index (χ1v) is 8.41. The van der Waals surface area contributed by atoms with E-state index in [0.29, 0.717) is 12.5 Å². The first kappa shape index (κ1) is 20.2. The normalized spacial score (nSPS) is 15.5. The second kappa shape index (κ2) is 10.9. The van der Waals surface area contributed by atoms with Crippen molar-refractivity contribution in [2.75, 3.05) is 52.5 Å². The molecule has 1 saturated heterocycles. The van der Waals surface area contributed by atoms with Crippen molar-refractivity contribution < 1.29 is 9.47 Å². The molecule has 0 saturated carbocycles. The lowest BCUT2D eigenvalue weighted by Gasteiger charge is -2.26. The van der Waals surface area contributed by atoms with Crippen molar-refractivity contribution >= 4 is 12.4 Å². The summed E-state index contributed by atoms with van der Waals surface area (Å²) in [6.45, 7) is 14.1. The molecule has 0 bridgehead atoms. The molecule has 1 aliphatic heterocycles. The second-order valence-electron chi connectivity index (χ2n) is 6.25. The van der Waals surface area contributed by atoms with Gasteiger partial charge in [-0.05, 0) is 30.0 Å². The molecule has 2 rings (SSSR count). The zero-order valence-corrected chi connectivity index (χ0v) is 15.5. The van der Waals surface area contributed by atoms with Crippen LogP contribution in [0, 0.1) is 6.92 Å². The molecule has 5 heteroatoms. The number of halogens is 1. The minimum absolute atomic E-state index is 0. The third kappa shape index (κ3) is 7.08. The summed E-state index contributed by atoms with van der Waals surface area (Å²) in [7, 11) is 0. The van der Waals surface area contributed by atoms with Gasteiger partial charge in [0.1, 0.15) is 12.4 Å². The van der Waals surface area contributed by atoms with E-state index in [1.165, 1.54) is 11.1 Å². The molecule has 0 amide bonds. The maximum atomic E-state index is 5.98. The van der Waals surface area contributed by atoms with Crippen LogP contribution in [0.1, 0.15) is 30.9 Å². The van der Waals surface area contributed by atoms with Crippen molar-refractivity contribution in [3.63, 3.8) is 0 Å². The van der Waals surface area contributed by atoms with E-state index in [-0.39, 0.29) is 12.4 Å². The molecule has 132 valence electrons. The third-order valence-corrected chi connectivity index (χ3v) is 4.04. The van der Waals surface area contributed by atoms with Gasteiger partial charge in [-0.2, -0.15) is 0 Å². The van der Waals surface area contributed by atoms with Crippen LogP contribution in [0.3, 0.4) is 0 Å². The van der Waals surface area contributed by atoms with Gasteiger partial charge in [0.05, 0.1) is 13.2 Å². The summed E-state index contributed by atoms with van der Waals surface area (Å²) in [6, 6.07) is 6.48. The Kier molecular flexibility index (Phi) is 9.56. The van der Waals surface area contributed by atoms with E-state index >= 15 is 0 Å². The van der Waals surface area contributed by atoms with E-state index in [9.17, 15) is 0 Å². The summed E-state index contributed by atoms with van der Waals surface area (Å²) in [6.07, 6.45) is 0. The van der Waals surface area contributed by atoms with E-state index in [1.54, 1.807) is 0 Å². The first-order chi connectivity index (χ1) is 10.7. The second-order valence-corrected chi connectivity index (χ2v) is 6.25. The molecule has 1 aliphatic rings. The van der Waals surface area contributed by atoms with Crippen molar-refractivity contribution in [3.8, 4) is 5.75 Å². The van der Waals surface area contributed by atoms with Crippen molar-refractivity contribution in [2.45, 2.75) is 26.7 Å². The van der Waals surface area contributed by atoms with Crippen LogP contribution in [0.15, 0.2) is 18.2 Å². The Morgan fingerprint density at radius 2 is 1.96 bits per heavy atom. The average molecular weight is 343 g/mol. The topological polar surface area (TPSA) is 33.7 Å². The van der Waals surface area contributed by atoms with Gasteiger partial charge in [0, 0.05) is 32.7 Å². The number of hydrogen-bond donors (Lipinski definition) is 1. The van der Waals surface area contributed by atoms with Crippen molar-refractivity contribution in [2.24, 2.45) is 0 Å². The number of nitrogens with one attached hydrogen (secondary N) is 1. The summed E-state index contributed by atoms with van der Waals surface area (Å²) in [5.41, 5.74) is 2.54. The fraction of sp³-hybridized carbons (Fsp3) is 0.667. The summed E-state index contributed by atoms with van der Waals surface area (Å²) in [5.74, 6) is 1.52. The van der Waals surface area contributed by atoms with E-state index in [4.69, 9.17) is 9.47 Å². The van der Waals surface area contributed by atoms with Gasteiger partial charge in [-0.1, -0.05) is 26.0 Å². The van der Waals surface area contributed by atoms with Gasteiger partial charge in [0.25, 0.3) is 0 Å². The molecular weight excluding hydrogens is 312 g/mol. The molecule has 0 unspecified atom stereocenters. The average Bonchev–Trinajstić information content (AvgIpc) is 2.51. The predicted octanol–water partition coefficient (Wildman–Crippen LogP) is 2.84. The zero-order chi connectivity index (χ0) is 15.8. The molecule has 1 fully saturated rings. The quantitative estimate of drug-likeness (QED) is 0.737. The number of morpholine rings is 1. The van der Waals surface area contributed by atoms with E-state index in [1.807, 2.05) is 0 Å². The monoisotopic (exact) mass is 342 g/mol. The molecule has 1 aromatic carbocycles. The number of nitrogens with zero attached hydrogens (tertiary/aromatic N) is 1. The van der Waals surface area contributed by atoms with Crippen LogP contribution in [0.2, 0.25) is 0 Å². The Labute approximate surface area is 146 Å². The molecule has 1 heterocycles. The van der Waals surface area contributed by atoms with Crippen LogP contribution in [-0.4, -0.2) is 57.4 Å². The van der Waals surface area contributed by atoms with Gasteiger partial charge in [-0.3, -0.25) is 4.90 Å². The summed E-state index contributed by atoms with van der Waals surface area (Å²) in [5, 5.41) is 3.46. The van der Waals surface area contributed by atoms with Gasteiger partial charge in [-0.25, -0.2) is 0 Å². The van der Waals surface area contributed by atoms with E-state index < -0.39 is 0 Å². The molecule has 0 spiro atoms. The SMILES string of the molecule is Cc1ccc(C(C)C)c(OCCNCCN2CCOCC2)c1.Cl.